The van der Waals surface area contributed by atoms with Crippen molar-refractivity contribution in [3.05, 3.63) is 27.1 Å². The number of amides is 1. The molecule has 2 aromatic rings. The van der Waals surface area contributed by atoms with Gasteiger partial charge in [0.2, 0.25) is 5.91 Å². The highest BCUT2D eigenvalue weighted by Crippen LogP contribution is 2.26. The van der Waals surface area contributed by atoms with Gasteiger partial charge in [0, 0.05) is 17.4 Å². The van der Waals surface area contributed by atoms with E-state index in [0.29, 0.717) is 27.7 Å². The maximum atomic E-state index is 11.4. The number of hydrogen-bond acceptors (Lipinski definition) is 3. The minimum Gasteiger partial charge on any atom is -0.330 e. The van der Waals surface area contributed by atoms with E-state index in [1.54, 1.807) is 12.1 Å². The highest BCUT2D eigenvalue weighted by Gasteiger charge is 2.08. The highest BCUT2D eigenvalue weighted by atomic mass is 79.9. The molecular weight excluding hydrogens is 288 g/mol. The second-order valence-corrected chi connectivity index (χ2v) is 4.40. The molecule has 0 aliphatic heterocycles. The van der Waals surface area contributed by atoms with Crippen LogP contribution in [-0.2, 0) is 4.79 Å². The smallest absolute Gasteiger partial charge is 0.323 e. The maximum Gasteiger partial charge on any atom is 0.323 e. The summed E-state index contributed by atoms with van der Waals surface area (Å²) in [6, 6.07) is 3.41. The van der Waals surface area contributed by atoms with Crippen LogP contribution in [-0.4, -0.2) is 22.4 Å². The number of imidazole rings is 1. The predicted octanol–water partition coefficient (Wildman–Crippen LogP) is 0.906. The molecular formula is C10H11BrN4O2. The number of carbonyl (C=O) groups excluding carboxylic acids is 1. The summed E-state index contributed by atoms with van der Waals surface area (Å²) >= 11 is 3.32. The zero-order valence-corrected chi connectivity index (χ0v) is 10.4. The Labute approximate surface area is 105 Å². The number of H-pyrrole nitrogens is 2. The Balaban J connectivity index is 2.36. The number of nitrogens with two attached hydrogens (primary N) is 1. The molecule has 1 aromatic carbocycles. The van der Waals surface area contributed by atoms with Gasteiger partial charge in [-0.3, -0.25) is 4.79 Å². The number of fused-ring (bicyclic) bond motifs is 1. The monoisotopic (exact) mass is 298 g/mol. The number of aromatic amines is 2. The Bertz CT molecular complexity index is 616. The first kappa shape index (κ1) is 11.9. The molecule has 0 radical (unpaired) electrons. The summed E-state index contributed by atoms with van der Waals surface area (Å²) in [6.07, 6.45) is 0.258. The third kappa shape index (κ3) is 2.56. The van der Waals surface area contributed by atoms with Crippen molar-refractivity contribution in [1.82, 2.24) is 9.97 Å². The largest absolute Gasteiger partial charge is 0.330 e. The van der Waals surface area contributed by atoms with Crippen LogP contribution in [0.2, 0.25) is 0 Å². The molecule has 0 unspecified atom stereocenters. The van der Waals surface area contributed by atoms with Gasteiger partial charge in [-0.05, 0) is 28.1 Å². The maximum absolute atomic E-state index is 11.4. The normalized spacial score (nSPS) is 10.7. The SMILES string of the molecule is NCCC(=O)Nc1cc2[nH]c(=O)[nH]c2cc1Br. The number of carbonyl (C=O) groups is 1. The number of nitrogens with one attached hydrogen (secondary N) is 3. The number of rotatable bonds is 3. The van der Waals surface area contributed by atoms with Gasteiger partial charge in [-0.15, -0.1) is 0 Å². The van der Waals surface area contributed by atoms with Crippen LogP contribution in [0.4, 0.5) is 5.69 Å². The fourth-order valence-electron chi connectivity index (χ4n) is 1.50. The van der Waals surface area contributed by atoms with E-state index in [1.807, 2.05) is 0 Å². The summed E-state index contributed by atoms with van der Waals surface area (Å²) in [5.74, 6) is -0.162. The lowest BCUT2D eigenvalue weighted by atomic mass is 10.2. The number of aromatic nitrogens is 2. The summed E-state index contributed by atoms with van der Waals surface area (Å²) in [7, 11) is 0. The molecule has 1 aromatic heterocycles. The van der Waals surface area contributed by atoms with E-state index in [0.717, 1.165) is 0 Å². The van der Waals surface area contributed by atoms with Crippen molar-refractivity contribution in [1.29, 1.82) is 0 Å². The molecule has 6 nitrogen and oxygen atoms in total. The van der Waals surface area contributed by atoms with Crippen molar-refractivity contribution in [2.24, 2.45) is 5.73 Å². The topological polar surface area (TPSA) is 104 Å². The number of benzene rings is 1. The first-order valence-electron chi connectivity index (χ1n) is 5.01. The third-order valence-electron chi connectivity index (χ3n) is 2.25. The van der Waals surface area contributed by atoms with Crippen LogP contribution in [0.25, 0.3) is 11.0 Å². The minimum atomic E-state index is -0.280. The lowest BCUT2D eigenvalue weighted by Crippen LogP contribution is -2.16. The molecule has 5 N–H and O–H groups in total. The first-order chi connectivity index (χ1) is 8.10. The minimum absolute atomic E-state index is 0.162. The molecule has 0 atom stereocenters. The average Bonchev–Trinajstić information content (AvgIpc) is 2.58. The van der Waals surface area contributed by atoms with Gasteiger partial charge in [0.05, 0.1) is 16.7 Å². The number of halogens is 1. The average molecular weight is 299 g/mol. The Kier molecular flexibility index (Phi) is 3.30. The van der Waals surface area contributed by atoms with Crippen LogP contribution in [0.1, 0.15) is 6.42 Å². The van der Waals surface area contributed by atoms with Crippen molar-refractivity contribution in [2.75, 3.05) is 11.9 Å². The van der Waals surface area contributed by atoms with Crippen LogP contribution in [0.15, 0.2) is 21.4 Å². The number of anilines is 1. The Morgan fingerprint density at radius 2 is 2.00 bits per heavy atom. The molecule has 0 aliphatic carbocycles. The molecule has 1 heterocycles. The molecule has 0 spiro atoms. The fraction of sp³-hybridized carbons (Fsp3) is 0.200. The van der Waals surface area contributed by atoms with E-state index in [1.165, 1.54) is 0 Å². The highest BCUT2D eigenvalue weighted by molar-refractivity contribution is 9.10. The fourth-order valence-corrected chi connectivity index (χ4v) is 1.94. The van der Waals surface area contributed by atoms with Crippen molar-refractivity contribution in [3.8, 4) is 0 Å². The van der Waals surface area contributed by atoms with E-state index < -0.39 is 0 Å². The van der Waals surface area contributed by atoms with Crippen LogP contribution in [0.3, 0.4) is 0 Å². The summed E-state index contributed by atoms with van der Waals surface area (Å²) in [4.78, 5) is 27.8. The van der Waals surface area contributed by atoms with Crippen molar-refractivity contribution >= 4 is 38.6 Å². The van der Waals surface area contributed by atoms with Crippen LogP contribution >= 0.6 is 15.9 Å². The molecule has 2 rings (SSSR count). The van der Waals surface area contributed by atoms with E-state index >= 15 is 0 Å². The molecule has 0 bridgehead atoms. The first-order valence-corrected chi connectivity index (χ1v) is 5.81. The van der Waals surface area contributed by atoms with Crippen molar-refractivity contribution in [3.63, 3.8) is 0 Å². The summed E-state index contributed by atoms with van der Waals surface area (Å²) < 4.78 is 0.700. The molecule has 0 saturated carbocycles. The van der Waals surface area contributed by atoms with E-state index in [4.69, 9.17) is 5.73 Å². The van der Waals surface area contributed by atoms with Gasteiger partial charge in [0.25, 0.3) is 0 Å². The van der Waals surface area contributed by atoms with Gasteiger partial charge >= 0.3 is 5.69 Å². The Hall–Kier alpha value is -1.60. The summed E-state index contributed by atoms with van der Waals surface area (Å²) in [6.45, 7) is 0.298. The second-order valence-electron chi connectivity index (χ2n) is 3.54. The lowest BCUT2D eigenvalue weighted by molar-refractivity contribution is -0.116. The van der Waals surface area contributed by atoms with Gasteiger partial charge in [-0.1, -0.05) is 0 Å². The molecule has 0 aliphatic rings. The molecule has 7 heteroatoms. The third-order valence-corrected chi connectivity index (χ3v) is 2.91. The summed E-state index contributed by atoms with van der Waals surface area (Å²) in [5.41, 5.74) is 6.93. The molecule has 90 valence electrons. The summed E-state index contributed by atoms with van der Waals surface area (Å²) in [5, 5.41) is 2.71. The van der Waals surface area contributed by atoms with Crippen LogP contribution < -0.4 is 16.7 Å². The van der Waals surface area contributed by atoms with Gasteiger partial charge in [-0.2, -0.15) is 0 Å². The van der Waals surface area contributed by atoms with Crippen LogP contribution in [0.5, 0.6) is 0 Å². The molecule has 1 amide bonds. The Morgan fingerprint density at radius 3 is 2.65 bits per heavy atom. The van der Waals surface area contributed by atoms with Gasteiger partial charge in [0.1, 0.15) is 0 Å². The predicted molar refractivity (Wildman–Crippen MR) is 68.9 cm³/mol. The molecule has 17 heavy (non-hydrogen) atoms. The second kappa shape index (κ2) is 4.72. The molecule has 0 saturated heterocycles. The quantitative estimate of drug-likeness (QED) is 0.677. The zero-order chi connectivity index (χ0) is 12.4. The van der Waals surface area contributed by atoms with Crippen molar-refractivity contribution < 1.29 is 4.79 Å². The van der Waals surface area contributed by atoms with Crippen molar-refractivity contribution in [2.45, 2.75) is 6.42 Å². The molecule has 0 fully saturated rings. The van der Waals surface area contributed by atoms with E-state index in [-0.39, 0.29) is 18.0 Å². The van der Waals surface area contributed by atoms with Crippen LogP contribution in [0, 0.1) is 0 Å². The Morgan fingerprint density at radius 1 is 1.35 bits per heavy atom. The standard InChI is InChI=1S/C10H11BrN4O2/c11-5-3-7-8(15-10(17)14-7)4-6(5)13-9(16)1-2-12/h3-4H,1-2,12H2,(H,13,16)(H2,14,15,17). The zero-order valence-electron chi connectivity index (χ0n) is 8.84. The van der Waals surface area contributed by atoms with E-state index in [2.05, 4.69) is 31.2 Å². The number of hydrogen-bond donors (Lipinski definition) is 4. The lowest BCUT2D eigenvalue weighted by Gasteiger charge is -2.06. The van der Waals surface area contributed by atoms with Gasteiger partial charge in [0.15, 0.2) is 0 Å². The van der Waals surface area contributed by atoms with Gasteiger partial charge < -0.3 is 21.0 Å². The van der Waals surface area contributed by atoms with E-state index in [9.17, 15) is 9.59 Å². The van der Waals surface area contributed by atoms with Gasteiger partial charge in [-0.25, -0.2) is 4.79 Å².